The number of ether oxygens (including phenoxy) is 1. The van der Waals surface area contributed by atoms with E-state index in [0.29, 0.717) is 5.69 Å². The number of amides is 1. The zero-order chi connectivity index (χ0) is 22.1. The molecule has 0 N–H and O–H groups in total. The summed E-state index contributed by atoms with van der Waals surface area (Å²) in [5, 5.41) is 7.46. The minimum Gasteiger partial charge on any atom is -0.465 e. The second-order valence-electron chi connectivity index (χ2n) is 6.00. The molecule has 0 spiro atoms. The van der Waals surface area contributed by atoms with E-state index in [-0.39, 0.29) is 27.1 Å². The van der Waals surface area contributed by atoms with Crippen LogP contribution in [0.15, 0.2) is 41.7 Å². The fraction of sp³-hybridized carbons (Fsp3) is 0.222. The Morgan fingerprint density at radius 1 is 1.27 bits per heavy atom. The van der Waals surface area contributed by atoms with Gasteiger partial charge in [-0.05, 0) is 18.2 Å². The molecule has 1 aromatic carbocycles. The largest absolute Gasteiger partial charge is 0.465 e. The van der Waals surface area contributed by atoms with E-state index in [4.69, 9.17) is 16.3 Å². The van der Waals surface area contributed by atoms with Gasteiger partial charge in [-0.1, -0.05) is 35.5 Å². The molecule has 0 radical (unpaired) electrons. The summed E-state index contributed by atoms with van der Waals surface area (Å²) in [7, 11) is 2.71. The first-order chi connectivity index (χ1) is 14.1. The monoisotopic (exact) mass is 458 g/mol. The van der Waals surface area contributed by atoms with E-state index in [0.717, 1.165) is 28.4 Å². The fourth-order valence-electron chi connectivity index (χ4n) is 2.59. The molecule has 2 aromatic heterocycles. The van der Waals surface area contributed by atoms with Crippen LogP contribution in [0.1, 0.15) is 15.9 Å². The van der Waals surface area contributed by atoms with Crippen molar-refractivity contribution in [3.05, 3.63) is 52.7 Å². The van der Waals surface area contributed by atoms with Crippen molar-refractivity contribution in [2.45, 2.75) is 11.3 Å². The molecular weight excluding hydrogens is 445 g/mol. The van der Waals surface area contributed by atoms with Gasteiger partial charge in [0.05, 0.1) is 34.7 Å². The Bertz CT molecular complexity index is 1120. The molecule has 0 saturated heterocycles. The molecule has 30 heavy (non-hydrogen) atoms. The molecule has 0 unspecified atom stereocenters. The highest BCUT2D eigenvalue weighted by atomic mass is 35.5. The predicted molar refractivity (Wildman–Crippen MR) is 105 cm³/mol. The van der Waals surface area contributed by atoms with Gasteiger partial charge in [-0.25, -0.2) is 4.79 Å². The molecule has 7 nitrogen and oxygen atoms in total. The zero-order valence-corrected chi connectivity index (χ0v) is 17.2. The summed E-state index contributed by atoms with van der Waals surface area (Å²) >= 11 is 6.78. The number of aromatic nitrogens is 3. The Kier molecular flexibility index (Phi) is 6.22. The number of nitrogens with zero attached hydrogens (tertiary/aromatic N) is 4. The number of benzene rings is 1. The first-order valence-electron chi connectivity index (χ1n) is 8.31. The van der Waals surface area contributed by atoms with Gasteiger partial charge in [0.25, 0.3) is 0 Å². The number of carbonyl (C=O) groups excluding carboxylic acids is 2. The van der Waals surface area contributed by atoms with Crippen molar-refractivity contribution in [1.29, 1.82) is 0 Å². The van der Waals surface area contributed by atoms with Gasteiger partial charge in [-0.2, -0.15) is 13.2 Å². The Hall–Kier alpha value is -2.79. The number of esters is 1. The van der Waals surface area contributed by atoms with E-state index >= 15 is 0 Å². The fourth-order valence-corrected chi connectivity index (χ4v) is 3.66. The number of halogens is 4. The van der Waals surface area contributed by atoms with Gasteiger partial charge >= 0.3 is 12.1 Å². The number of anilines is 1. The lowest BCUT2D eigenvalue weighted by Crippen LogP contribution is -2.29. The molecule has 2 heterocycles. The standard InChI is InChI=1S/C18H14ClF3N4O3S/c1-25(13-6-4-3-5-11(13)16(28)29-2)14(27)9-30-17-24-23-15-12(19)7-10(8-26(15)17)18(20,21)22/h3-8H,9H2,1-2H3. The maximum absolute atomic E-state index is 13.1. The number of rotatable bonds is 5. The Morgan fingerprint density at radius 2 is 1.97 bits per heavy atom. The number of hydrogen-bond acceptors (Lipinski definition) is 6. The summed E-state index contributed by atoms with van der Waals surface area (Å²) < 4.78 is 45.0. The van der Waals surface area contributed by atoms with Crippen molar-refractivity contribution in [3.8, 4) is 0 Å². The summed E-state index contributed by atoms with van der Waals surface area (Å²) in [6.45, 7) is 0. The number of alkyl halides is 3. The van der Waals surface area contributed by atoms with Crippen LogP contribution in [-0.4, -0.2) is 46.4 Å². The van der Waals surface area contributed by atoms with Gasteiger partial charge in [0.15, 0.2) is 10.8 Å². The molecule has 0 atom stereocenters. The molecule has 3 rings (SSSR count). The molecular formula is C18H14ClF3N4O3S. The third-order valence-electron chi connectivity index (χ3n) is 4.13. The number of pyridine rings is 1. The SMILES string of the molecule is COC(=O)c1ccccc1N(C)C(=O)CSc1nnc2c(Cl)cc(C(F)(F)F)cn12. The van der Waals surface area contributed by atoms with Crippen LogP contribution in [0.2, 0.25) is 5.02 Å². The Labute approximate surface area is 177 Å². The molecule has 158 valence electrons. The third-order valence-corrected chi connectivity index (χ3v) is 5.33. The molecule has 12 heteroatoms. The van der Waals surface area contributed by atoms with Crippen LogP contribution < -0.4 is 4.90 Å². The molecule has 1 amide bonds. The molecule has 0 fully saturated rings. The lowest BCUT2D eigenvalue weighted by atomic mass is 10.1. The number of para-hydroxylation sites is 1. The van der Waals surface area contributed by atoms with Crippen LogP contribution in [0.4, 0.5) is 18.9 Å². The Balaban J connectivity index is 1.82. The van der Waals surface area contributed by atoms with E-state index < -0.39 is 23.6 Å². The maximum atomic E-state index is 13.1. The average molecular weight is 459 g/mol. The highest BCUT2D eigenvalue weighted by molar-refractivity contribution is 7.99. The highest BCUT2D eigenvalue weighted by Crippen LogP contribution is 2.33. The normalized spacial score (nSPS) is 11.5. The van der Waals surface area contributed by atoms with Crippen LogP contribution in [0.5, 0.6) is 0 Å². The first kappa shape index (κ1) is 21.9. The van der Waals surface area contributed by atoms with Gasteiger partial charge in [0.2, 0.25) is 5.91 Å². The van der Waals surface area contributed by atoms with E-state index in [1.807, 2.05) is 0 Å². The number of hydrogen-bond donors (Lipinski definition) is 0. The lowest BCUT2D eigenvalue weighted by molar-refractivity contribution is -0.137. The van der Waals surface area contributed by atoms with E-state index in [1.165, 1.54) is 25.1 Å². The smallest absolute Gasteiger partial charge is 0.417 e. The second kappa shape index (κ2) is 8.52. The number of carbonyl (C=O) groups is 2. The second-order valence-corrected chi connectivity index (χ2v) is 7.35. The quantitative estimate of drug-likeness (QED) is 0.426. The van der Waals surface area contributed by atoms with Gasteiger partial charge < -0.3 is 9.64 Å². The number of fused-ring (bicyclic) bond motifs is 1. The minimum absolute atomic E-state index is 0.0454. The van der Waals surface area contributed by atoms with Crippen LogP contribution in [-0.2, 0) is 15.7 Å². The minimum atomic E-state index is -4.60. The van der Waals surface area contributed by atoms with Crippen LogP contribution in [0.25, 0.3) is 5.65 Å². The Morgan fingerprint density at radius 3 is 2.63 bits per heavy atom. The molecule has 0 aliphatic heterocycles. The zero-order valence-electron chi connectivity index (χ0n) is 15.6. The number of thioether (sulfide) groups is 1. The van der Waals surface area contributed by atoms with Crippen molar-refractivity contribution in [2.75, 3.05) is 24.8 Å². The van der Waals surface area contributed by atoms with Gasteiger partial charge in [0, 0.05) is 13.2 Å². The molecule has 0 saturated carbocycles. The van der Waals surface area contributed by atoms with Crippen LogP contribution in [0, 0.1) is 0 Å². The van der Waals surface area contributed by atoms with Gasteiger partial charge in [0.1, 0.15) is 0 Å². The van der Waals surface area contributed by atoms with Crippen LogP contribution >= 0.6 is 23.4 Å². The molecule has 0 aliphatic carbocycles. The van der Waals surface area contributed by atoms with Crippen molar-refractivity contribution in [3.63, 3.8) is 0 Å². The summed E-state index contributed by atoms with van der Waals surface area (Å²) in [4.78, 5) is 25.8. The van der Waals surface area contributed by atoms with Gasteiger partial charge in [-0.3, -0.25) is 9.20 Å². The molecule has 0 aliphatic rings. The average Bonchev–Trinajstić information content (AvgIpc) is 3.13. The van der Waals surface area contributed by atoms with E-state index in [9.17, 15) is 22.8 Å². The topological polar surface area (TPSA) is 76.8 Å². The van der Waals surface area contributed by atoms with E-state index in [1.54, 1.807) is 18.2 Å². The van der Waals surface area contributed by atoms with Crippen molar-refractivity contribution < 1.29 is 27.5 Å². The van der Waals surface area contributed by atoms with Crippen molar-refractivity contribution in [2.24, 2.45) is 0 Å². The summed E-state index contributed by atoms with van der Waals surface area (Å²) in [5.41, 5.74) is -0.375. The lowest BCUT2D eigenvalue weighted by Gasteiger charge is -2.19. The number of methoxy groups -OCH3 is 1. The van der Waals surface area contributed by atoms with Crippen molar-refractivity contribution >= 4 is 46.6 Å². The summed E-state index contributed by atoms with van der Waals surface area (Å²) in [5.74, 6) is -1.18. The third kappa shape index (κ3) is 4.36. The summed E-state index contributed by atoms with van der Waals surface area (Å²) in [6, 6.07) is 7.16. The highest BCUT2D eigenvalue weighted by Gasteiger charge is 2.32. The van der Waals surface area contributed by atoms with E-state index in [2.05, 4.69) is 10.2 Å². The first-order valence-corrected chi connectivity index (χ1v) is 9.68. The molecule has 0 bridgehead atoms. The van der Waals surface area contributed by atoms with Crippen molar-refractivity contribution in [1.82, 2.24) is 14.6 Å². The maximum Gasteiger partial charge on any atom is 0.417 e. The van der Waals surface area contributed by atoms with Crippen LogP contribution in [0.3, 0.4) is 0 Å². The predicted octanol–water partition coefficient (Wildman–Crippen LogP) is 3.94. The summed E-state index contributed by atoms with van der Waals surface area (Å²) in [6.07, 6.45) is -3.78. The molecule has 3 aromatic rings. The van der Waals surface area contributed by atoms with Gasteiger partial charge in [-0.15, -0.1) is 10.2 Å².